The van der Waals surface area contributed by atoms with Crippen molar-refractivity contribution in [1.29, 1.82) is 0 Å². The van der Waals surface area contributed by atoms with Crippen molar-refractivity contribution < 1.29 is 9.53 Å². The van der Waals surface area contributed by atoms with Gasteiger partial charge in [0, 0.05) is 0 Å². The molecule has 88 valence electrons. The highest BCUT2D eigenvalue weighted by Gasteiger charge is 2.11. The minimum Gasteiger partial charge on any atom is -0.464 e. The molecule has 1 heterocycles. The molecule has 0 fully saturated rings. The molecule has 0 N–H and O–H groups in total. The summed E-state index contributed by atoms with van der Waals surface area (Å²) >= 11 is 0. The molecule has 1 rings (SSSR count). The van der Waals surface area contributed by atoms with E-state index in [-0.39, 0.29) is 25.0 Å². The highest BCUT2D eigenvalue weighted by molar-refractivity contribution is 5.71. The second kappa shape index (κ2) is 5.99. The number of nitrogens with zero attached hydrogens (tertiary/aromatic N) is 3. The smallest absolute Gasteiger partial charge is 0.350 e. The molecule has 0 aliphatic heterocycles. The maximum atomic E-state index is 11.3. The fourth-order valence-corrected chi connectivity index (χ4v) is 1.02. The zero-order valence-corrected chi connectivity index (χ0v) is 9.42. The van der Waals surface area contributed by atoms with Crippen molar-refractivity contribution in [2.24, 2.45) is 5.92 Å². The molecule has 0 saturated carbocycles. The number of aromatic nitrogens is 3. The summed E-state index contributed by atoms with van der Waals surface area (Å²) in [5, 5.41) is 0. The lowest BCUT2D eigenvalue weighted by molar-refractivity contribution is -0.148. The Morgan fingerprint density at radius 3 is 3.00 bits per heavy atom. The van der Waals surface area contributed by atoms with Gasteiger partial charge in [-0.05, 0) is 6.42 Å². The summed E-state index contributed by atoms with van der Waals surface area (Å²) in [6.07, 6.45) is 3.30. The Kier molecular flexibility index (Phi) is 4.63. The first-order chi connectivity index (χ1) is 7.65. The molecule has 0 aromatic carbocycles. The van der Waals surface area contributed by atoms with E-state index in [1.807, 2.05) is 6.92 Å². The summed E-state index contributed by atoms with van der Waals surface area (Å²) in [6.45, 7) is 4.17. The second-order valence-corrected chi connectivity index (χ2v) is 3.46. The summed E-state index contributed by atoms with van der Waals surface area (Å²) in [5.41, 5.74) is -0.394. The molecule has 0 saturated heterocycles. The molecule has 6 heteroatoms. The summed E-state index contributed by atoms with van der Waals surface area (Å²) < 4.78 is 6.29. The molecular formula is C10H15N3O3. The van der Waals surface area contributed by atoms with Crippen LogP contribution in [0.3, 0.4) is 0 Å². The van der Waals surface area contributed by atoms with Crippen LogP contribution in [0.15, 0.2) is 17.4 Å². The number of rotatable bonds is 5. The molecule has 6 nitrogen and oxygen atoms in total. The lowest BCUT2D eigenvalue weighted by atomic mass is 10.1. The molecule has 0 spiro atoms. The molecule has 0 radical (unpaired) electrons. The van der Waals surface area contributed by atoms with Crippen LogP contribution in [0.1, 0.15) is 20.3 Å². The van der Waals surface area contributed by atoms with Gasteiger partial charge < -0.3 is 4.74 Å². The molecule has 0 amide bonds. The summed E-state index contributed by atoms with van der Waals surface area (Å²) in [7, 11) is 0. The Bertz CT molecular complexity index is 402. The fourth-order valence-electron chi connectivity index (χ4n) is 1.02. The Morgan fingerprint density at radius 2 is 2.38 bits per heavy atom. The predicted octanol–water partition coefficient (Wildman–Crippen LogP) is 0.228. The van der Waals surface area contributed by atoms with E-state index >= 15 is 0 Å². The summed E-state index contributed by atoms with van der Waals surface area (Å²) in [4.78, 5) is 29.7. The monoisotopic (exact) mass is 225 g/mol. The quantitative estimate of drug-likeness (QED) is 0.670. The Morgan fingerprint density at radius 1 is 1.62 bits per heavy atom. The van der Waals surface area contributed by atoms with Gasteiger partial charge in [0.2, 0.25) is 0 Å². The molecule has 1 unspecified atom stereocenters. The van der Waals surface area contributed by atoms with E-state index in [2.05, 4.69) is 9.97 Å². The SMILES string of the molecule is CCC(C)C(=O)OCCn1cncnc1=O. The minimum absolute atomic E-state index is 0.108. The normalized spacial score (nSPS) is 12.1. The third-order valence-corrected chi connectivity index (χ3v) is 2.28. The Balaban J connectivity index is 2.39. The zero-order chi connectivity index (χ0) is 12.0. The van der Waals surface area contributed by atoms with Crippen molar-refractivity contribution in [3.63, 3.8) is 0 Å². The number of hydrogen-bond acceptors (Lipinski definition) is 5. The van der Waals surface area contributed by atoms with Gasteiger partial charge in [0.25, 0.3) is 0 Å². The maximum absolute atomic E-state index is 11.3. The molecule has 0 aliphatic carbocycles. The van der Waals surface area contributed by atoms with Gasteiger partial charge in [-0.2, -0.15) is 4.98 Å². The van der Waals surface area contributed by atoms with Crippen LogP contribution in [0.5, 0.6) is 0 Å². The van der Waals surface area contributed by atoms with Crippen LogP contribution in [0.25, 0.3) is 0 Å². The van der Waals surface area contributed by atoms with E-state index in [4.69, 9.17) is 4.74 Å². The first-order valence-corrected chi connectivity index (χ1v) is 5.18. The van der Waals surface area contributed by atoms with Gasteiger partial charge in [0.05, 0.1) is 12.5 Å². The average Bonchev–Trinajstić information content (AvgIpc) is 2.30. The van der Waals surface area contributed by atoms with Crippen LogP contribution in [-0.2, 0) is 16.1 Å². The number of esters is 1. The standard InChI is InChI=1S/C10H15N3O3/c1-3-8(2)9(14)16-5-4-13-7-11-6-12-10(13)15/h6-8H,3-5H2,1-2H3. The van der Waals surface area contributed by atoms with E-state index in [0.717, 1.165) is 6.42 Å². The van der Waals surface area contributed by atoms with Crippen LogP contribution >= 0.6 is 0 Å². The van der Waals surface area contributed by atoms with Crippen molar-refractivity contribution in [1.82, 2.24) is 14.5 Å². The number of carbonyl (C=O) groups excluding carboxylic acids is 1. The van der Waals surface area contributed by atoms with E-state index in [9.17, 15) is 9.59 Å². The number of ether oxygens (including phenoxy) is 1. The molecule has 1 aromatic rings. The highest BCUT2D eigenvalue weighted by atomic mass is 16.5. The lowest BCUT2D eigenvalue weighted by Gasteiger charge is -2.09. The molecule has 1 aromatic heterocycles. The van der Waals surface area contributed by atoms with Crippen LogP contribution in [0.2, 0.25) is 0 Å². The van der Waals surface area contributed by atoms with Gasteiger partial charge in [0.1, 0.15) is 19.3 Å². The molecule has 16 heavy (non-hydrogen) atoms. The van der Waals surface area contributed by atoms with E-state index < -0.39 is 5.69 Å². The minimum atomic E-state index is -0.394. The first kappa shape index (κ1) is 12.4. The van der Waals surface area contributed by atoms with Crippen molar-refractivity contribution in [2.45, 2.75) is 26.8 Å². The maximum Gasteiger partial charge on any atom is 0.350 e. The summed E-state index contributed by atoms with van der Waals surface area (Å²) in [5.74, 6) is -0.351. The lowest BCUT2D eigenvalue weighted by Crippen LogP contribution is -2.26. The van der Waals surface area contributed by atoms with Crippen LogP contribution in [-0.4, -0.2) is 27.1 Å². The van der Waals surface area contributed by atoms with Crippen molar-refractivity contribution >= 4 is 5.97 Å². The van der Waals surface area contributed by atoms with Crippen molar-refractivity contribution in [3.8, 4) is 0 Å². The summed E-state index contributed by atoms with van der Waals surface area (Å²) in [6, 6.07) is 0. The third kappa shape index (κ3) is 3.45. The zero-order valence-electron chi connectivity index (χ0n) is 9.42. The first-order valence-electron chi connectivity index (χ1n) is 5.18. The van der Waals surface area contributed by atoms with Crippen LogP contribution in [0.4, 0.5) is 0 Å². The van der Waals surface area contributed by atoms with Crippen LogP contribution in [0, 0.1) is 5.92 Å². The largest absolute Gasteiger partial charge is 0.464 e. The molecule has 0 aliphatic rings. The van der Waals surface area contributed by atoms with Gasteiger partial charge in [-0.25, -0.2) is 9.78 Å². The van der Waals surface area contributed by atoms with Crippen molar-refractivity contribution in [3.05, 3.63) is 23.1 Å². The molecule has 1 atom stereocenters. The van der Waals surface area contributed by atoms with E-state index in [1.54, 1.807) is 6.92 Å². The number of carbonyl (C=O) groups is 1. The second-order valence-electron chi connectivity index (χ2n) is 3.46. The third-order valence-electron chi connectivity index (χ3n) is 2.28. The molecular weight excluding hydrogens is 210 g/mol. The van der Waals surface area contributed by atoms with Gasteiger partial charge in [0.15, 0.2) is 0 Å². The topological polar surface area (TPSA) is 74.1 Å². The number of hydrogen-bond donors (Lipinski definition) is 0. The van der Waals surface area contributed by atoms with Crippen LogP contribution < -0.4 is 5.69 Å². The average molecular weight is 225 g/mol. The predicted molar refractivity (Wildman–Crippen MR) is 56.7 cm³/mol. The molecule has 0 bridgehead atoms. The van der Waals surface area contributed by atoms with E-state index in [0.29, 0.717) is 0 Å². The van der Waals surface area contributed by atoms with Gasteiger partial charge >= 0.3 is 11.7 Å². The fraction of sp³-hybridized carbons (Fsp3) is 0.600. The van der Waals surface area contributed by atoms with Crippen molar-refractivity contribution in [2.75, 3.05) is 6.61 Å². The van der Waals surface area contributed by atoms with Gasteiger partial charge in [-0.1, -0.05) is 13.8 Å². The Hall–Kier alpha value is -1.72. The van der Waals surface area contributed by atoms with E-state index in [1.165, 1.54) is 17.2 Å². The Labute approximate surface area is 93.3 Å². The van der Waals surface area contributed by atoms with Gasteiger partial charge in [-0.15, -0.1) is 0 Å². The van der Waals surface area contributed by atoms with Gasteiger partial charge in [-0.3, -0.25) is 9.36 Å². The highest BCUT2D eigenvalue weighted by Crippen LogP contribution is 2.02.